The number of piperidine rings is 1. The number of carbonyl (C=O) groups excluding carboxylic acids is 1. The molecule has 0 atom stereocenters. The fraction of sp³-hybridized carbons (Fsp3) is 0.500. The summed E-state index contributed by atoms with van der Waals surface area (Å²) in [6, 6.07) is 6.16. The summed E-state index contributed by atoms with van der Waals surface area (Å²) in [5.41, 5.74) is 1.83. The van der Waals surface area contributed by atoms with Crippen molar-refractivity contribution in [3.63, 3.8) is 0 Å². The maximum atomic E-state index is 12.2. The molecule has 0 radical (unpaired) electrons. The summed E-state index contributed by atoms with van der Waals surface area (Å²) in [6.07, 6.45) is 2.07. The fourth-order valence-corrected chi connectivity index (χ4v) is 2.66. The van der Waals surface area contributed by atoms with Gasteiger partial charge in [0.1, 0.15) is 0 Å². The molecule has 1 N–H and O–H groups in total. The maximum absolute atomic E-state index is 12.2. The summed E-state index contributed by atoms with van der Waals surface area (Å²) in [5.74, 6) is 0.0279. The number of aryl methyl sites for hydroxylation is 1. The molecule has 1 heterocycles. The van der Waals surface area contributed by atoms with Crippen LogP contribution in [0.5, 0.6) is 0 Å². The van der Waals surface area contributed by atoms with Gasteiger partial charge in [-0.25, -0.2) is 0 Å². The van der Waals surface area contributed by atoms with Gasteiger partial charge in [0.2, 0.25) is 0 Å². The molecule has 1 aliphatic rings. The molecule has 3 nitrogen and oxygen atoms in total. The number of hydrogen-bond acceptors (Lipinski definition) is 2. The van der Waals surface area contributed by atoms with E-state index in [1.807, 2.05) is 25.1 Å². The molecule has 1 aromatic rings. The molecule has 2 rings (SSSR count). The van der Waals surface area contributed by atoms with Crippen molar-refractivity contribution in [3.8, 4) is 0 Å². The Morgan fingerprint density at radius 2 is 2.06 bits per heavy atom. The van der Waals surface area contributed by atoms with Crippen molar-refractivity contribution in [2.75, 3.05) is 20.1 Å². The van der Waals surface area contributed by atoms with E-state index in [0.717, 1.165) is 41.5 Å². The molecule has 18 heavy (non-hydrogen) atoms. The van der Waals surface area contributed by atoms with Crippen LogP contribution in [0.25, 0.3) is 0 Å². The van der Waals surface area contributed by atoms with E-state index < -0.39 is 0 Å². The Bertz CT molecular complexity index is 439. The van der Waals surface area contributed by atoms with E-state index in [1.165, 1.54) is 0 Å². The van der Waals surface area contributed by atoms with Crippen molar-refractivity contribution < 1.29 is 4.79 Å². The Labute approximate surface area is 117 Å². The SMILES string of the molecule is Cc1ccc(Br)c(C(=O)NC2CCN(C)CC2)c1. The third-order valence-corrected chi connectivity index (χ3v) is 4.11. The van der Waals surface area contributed by atoms with Gasteiger partial charge in [-0.1, -0.05) is 11.6 Å². The predicted octanol–water partition coefficient (Wildman–Crippen LogP) is 2.58. The first kappa shape index (κ1) is 13.6. The van der Waals surface area contributed by atoms with E-state index in [-0.39, 0.29) is 5.91 Å². The van der Waals surface area contributed by atoms with Gasteiger partial charge >= 0.3 is 0 Å². The number of rotatable bonds is 2. The Hall–Kier alpha value is -0.870. The lowest BCUT2D eigenvalue weighted by atomic mass is 10.0. The zero-order chi connectivity index (χ0) is 13.1. The van der Waals surface area contributed by atoms with Crippen LogP contribution in [0.15, 0.2) is 22.7 Å². The van der Waals surface area contributed by atoms with Gasteiger partial charge in [0.25, 0.3) is 5.91 Å². The summed E-state index contributed by atoms with van der Waals surface area (Å²) in [7, 11) is 2.12. The van der Waals surface area contributed by atoms with Crippen LogP contribution in [0, 0.1) is 6.92 Å². The molecule has 4 heteroatoms. The molecule has 0 aliphatic carbocycles. The summed E-state index contributed by atoms with van der Waals surface area (Å²) < 4.78 is 0.860. The van der Waals surface area contributed by atoms with Crippen LogP contribution in [-0.4, -0.2) is 37.0 Å². The molecule has 0 unspecified atom stereocenters. The Morgan fingerprint density at radius 3 is 2.72 bits per heavy atom. The minimum absolute atomic E-state index is 0.0279. The number of nitrogens with one attached hydrogen (secondary N) is 1. The number of hydrogen-bond donors (Lipinski definition) is 1. The lowest BCUT2D eigenvalue weighted by Crippen LogP contribution is -2.43. The normalized spacial score (nSPS) is 17.7. The Balaban J connectivity index is 2.01. The molecule has 0 aromatic heterocycles. The quantitative estimate of drug-likeness (QED) is 0.910. The third-order valence-electron chi connectivity index (χ3n) is 3.42. The van der Waals surface area contributed by atoms with E-state index in [0.29, 0.717) is 6.04 Å². The molecule has 1 fully saturated rings. The highest BCUT2D eigenvalue weighted by molar-refractivity contribution is 9.10. The van der Waals surface area contributed by atoms with Gasteiger partial charge in [-0.15, -0.1) is 0 Å². The number of benzene rings is 1. The molecular weight excluding hydrogens is 292 g/mol. The number of likely N-dealkylation sites (tertiary alicyclic amines) is 1. The average Bonchev–Trinajstić information content (AvgIpc) is 2.35. The summed E-state index contributed by atoms with van der Waals surface area (Å²) in [5, 5.41) is 3.13. The number of amides is 1. The molecule has 1 amide bonds. The van der Waals surface area contributed by atoms with Gasteiger partial charge in [0, 0.05) is 10.5 Å². The zero-order valence-corrected chi connectivity index (χ0v) is 12.5. The number of halogens is 1. The first-order chi connectivity index (χ1) is 8.56. The Morgan fingerprint density at radius 1 is 1.39 bits per heavy atom. The van der Waals surface area contributed by atoms with Crippen LogP contribution >= 0.6 is 15.9 Å². The lowest BCUT2D eigenvalue weighted by molar-refractivity contribution is 0.0916. The zero-order valence-electron chi connectivity index (χ0n) is 10.9. The van der Waals surface area contributed by atoms with Crippen molar-refractivity contribution in [2.45, 2.75) is 25.8 Å². The largest absolute Gasteiger partial charge is 0.349 e. The molecular formula is C14H19BrN2O. The van der Waals surface area contributed by atoms with Crippen LogP contribution in [0.3, 0.4) is 0 Å². The van der Waals surface area contributed by atoms with Gasteiger partial charge < -0.3 is 10.2 Å². The van der Waals surface area contributed by atoms with E-state index >= 15 is 0 Å². The second-order valence-electron chi connectivity index (χ2n) is 5.03. The van der Waals surface area contributed by atoms with Crippen molar-refractivity contribution in [1.29, 1.82) is 0 Å². The first-order valence-corrected chi connectivity index (χ1v) is 7.11. The van der Waals surface area contributed by atoms with Crippen LogP contribution in [-0.2, 0) is 0 Å². The average molecular weight is 311 g/mol. The summed E-state index contributed by atoms with van der Waals surface area (Å²) >= 11 is 3.44. The van der Waals surface area contributed by atoms with Crippen molar-refractivity contribution in [3.05, 3.63) is 33.8 Å². The molecule has 98 valence electrons. The minimum atomic E-state index is 0.0279. The van der Waals surface area contributed by atoms with Gasteiger partial charge in [-0.05, 0) is 68.0 Å². The second-order valence-corrected chi connectivity index (χ2v) is 5.89. The standard InChI is InChI=1S/C14H19BrN2O/c1-10-3-4-13(15)12(9-10)14(18)16-11-5-7-17(2)8-6-11/h3-4,9,11H,5-8H2,1-2H3,(H,16,18). The fourth-order valence-electron chi connectivity index (χ4n) is 2.23. The third kappa shape index (κ3) is 3.33. The highest BCUT2D eigenvalue weighted by Gasteiger charge is 2.20. The molecule has 0 bridgehead atoms. The Kier molecular flexibility index (Phi) is 4.40. The highest BCUT2D eigenvalue weighted by atomic mass is 79.9. The van der Waals surface area contributed by atoms with E-state index in [4.69, 9.17) is 0 Å². The van der Waals surface area contributed by atoms with E-state index in [9.17, 15) is 4.79 Å². The van der Waals surface area contributed by atoms with Gasteiger partial charge in [0.05, 0.1) is 5.56 Å². The predicted molar refractivity (Wildman–Crippen MR) is 76.9 cm³/mol. The molecule has 1 aromatic carbocycles. The van der Waals surface area contributed by atoms with Crippen LogP contribution in [0.2, 0.25) is 0 Å². The van der Waals surface area contributed by atoms with Gasteiger partial charge in [-0.3, -0.25) is 4.79 Å². The van der Waals surface area contributed by atoms with Crippen molar-refractivity contribution >= 4 is 21.8 Å². The topological polar surface area (TPSA) is 32.3 Å². The van der Waals surface area contributed by atoms with Crippen LogP contribution in [0.4, 0.5) is 0 Å². The highest BCUT2D eigenvalue weighted by Crippen LogP contribution is 2.19. The summed E-state index contributed by atoms with van der Waals surface area (Å²) in [4.78, 5) is 14.5. The monoisotopic (exact) mass is 310 g/mol. The molecule has 0 saturated carbocycles. The maximum Gasteiger partial charge on any atom is 0.252 e. The molecule has 0 spiro atoms. The smallest absolute Gasteiger partial charge is 0.252 e. The van der Waals surface area contributed by atoms with E-state index in [1.54, 1.807) is 0 Å². The van der Waals surface area contributed by atoms with Crippen LogP contribution < -0.4 is 5.32 Å². The van der Waals surface area contributed by atoms with Crippen LogP contribution in [0.1, 0.15) is 28.8 Å². The lowest BCUT2D eigenvalue weighted by Gasteiger charge is -2.29. The van der Waals surface area contributed by atoms with E-state index in [2.05, 4.69) is 33.2 Å². The first-order valence-electron chi connectivity index (χ1n) is 6.32. The van der Waals surface area contributed by atoms with Gasteiger partial charge in [0.15, 0.2) is 0 Å². The molecule has 1 saturated heterocycles. The summed E-state index contributed by atoms with van der Waals surface area (Å²) in [6.45, 7) is 4.11. The number of carbonyl (C=O) groups is 1. The second kappa shape index (κ2) is 5.85. The molecule has 1 aliphatic heterocycles. The number of nitrogens with zero attached hydrogens (tertiary/aromatic N) is 1. The minimum Gasteiger partial charge on any atom is -0.349 e. The van der Waals surface area contributed by atoms with Crippen molar-refractivity contribution in [2.24, 2.45) is 0 Å². The van der Waals surface area contributed by atoms with Gasteiger partial charge in [-0.2, -0.15) is 0 Å². The van der Waals surface area contributed by atoms with Crippen molar-refractivity contribution in [1.82, 2.24) is 10.2 Å².